The van der Waals surface area contributed by atoms with Gasteiger partial charge in [-0.1, -0.05) is 19.9 Å². The topological polar surface area (TPSA) is 52.6 Å². The number of nitrogens with zero attached hydrogens (tertiary/aromatic N) is 3. The summed E-state index contributed by atoms with van der Waals surface area (Å²) in [6.45, 7) is 12.5. The first-order chi connectivity index (χ1) is 13.6. The number of aromatic nitrogens is 1. The summed E-state index contributed by atoms with van der Waals surface area (Å²) < 4.78 is 0. The number of hydrogen-bond acceptors (Lipinski definition) is 5. The van der Waals surface area contributed by atoms with E-state index in [0.29, 0.717) is 12.5 Å². The summed E-state index contributed by atoms with van der Waals surface area (Å²) >= 11 is 3.57. The van der Waals surface area contributed by atoms with Gasteiger partial charge in [-0.2, -0.15) is 0 Å². The Bertz CT molecular complexity index is 715. The van der Waals surface area contributed by atoms with Gasteiger partial charge >= 0.3 is 0 Å². The molecule has 0 spiro atoms. The molecule has 1 aliphatic heterocycles. The molecule has 2 N–H and O–H groups in total. The SMILES string of the molecule is CCNC(=NCc1nc(C(C)C)cs1)NCC1CCN(Cc2cccs2)CC1. The lowest BCUT2D eigenvalue weighted by Crippen LogP contribution is -2.42. The first kappa shape index (κ1) is 21.3. The van der Waals surface area contributed by atoms with Gasteiger partial charge in [0.1, 0.15) is 5.01 Å². The molecular formula is C21H33N5S2. The molecule has 0 aliphatic carbocycles. The monoisotopic (exact) mass is 419 g/mol. The largest absolute Gasteiger partial charge is 0.357 e. The van der Waals surface area contributed by atoms with Crippen molar-refractivity contribution in [1.29, 1.82) is 0 Å². The number of likely N-dealkylation sites (tertiary alicyclic amines) is 1. The standard InChI is InChI=1S/C21H33N5S2/c1-4-22-21(24-13-20-25-19(15-28-20)16(2)3)23-12-17-7-9-26(10-8-17)14-18-6-5-11-27-18/h5-6,11,15-17H,4,7-10,12-14H2,1-3H3,(H2,22,23,24). The third-order valence-corrected chi connectivity index (χ3v) is 6.82. The smallest absolute Gasteiger partial charge is 0.191 e. The van der Waals surface area contributed by atoms with Crippen LogP contribution in [0.25, 0.3) is 0 Å². The number of rotatable bonds is 8. The third kappa shape index (κ3) is 6.57. The van der Waals surface area contributed by atoms with Crippen molar-refractivity contribution in [1.82, 2.24) is 20.5 Å². The predicted octanol–water partition coefficient (Wildman–Crippen LogP) is 4.30. The molecule has 2 aromatic heterocycles. The molecule has 0 atom stereocenters. The normalized spacial score (nSPS) is 16.6. The van der Waals surface area contributed by atoms with Crippen LogP contribution in [0, 0.1) is 5.92 Å². The Hall–Kier alpha value is -1.44. The number of nitrogens with one attached hydrogen (secondary N) is 2. The van der Waals surface area contributed by atoms with Gasteiger partial charge in [0.05, 0.1) is 12.2 Å². The highest BCUT2D eigenvalue weighted by molar-refractivity contribution is 7.10. The zero-order valence-corrected chi connectivity index (χ0v) is 18.9. The molecule has 0 aromatic carbocycles. The van der Waals surface area contributed by atoms with Crippen LogP contribution in [0.4, 0.5) is 0 Å². The maximum Gasteiger partial charge on any atom is 0.191 e. The maximum atomic E-state index is 4.74. The number of thiophene rings is 1. The molecule has 2 aromatic rings. The fourth-order valence-electron chi connectivity index (χ4n) is 3.36. The lowest BCUT2D eigenvalue weighted by Gasteiger charge is -2.32. The van der Waals surface area contributed by atoms with Gasteiger partial charge in [0.15, 0.2) is 5.96 Å². The van der Waals surface area contributed by atoms with Gasteiger partial charge in [-0.05, 0) is 56.1 Å². The van der Waals surface area contributed by atoms with E-state index in [0.717, 1.165) is 36.5 Å². The van der Waals surface area contributed by atoms with E-state index in [1.54, 1.807) is 11.3 Å². The van der Waals surface area contributed by atoms with Crippen molar-refractivity contribution in [2.24, 2.45) is 10.9 Å². The molecule has 0 bridgehead atoms. The summed E-state index contributed by atoms with van der Waals surface area (Å²) in [6, 6.07) is 4.39. The van der Waals surface area contributed by atoms with Crippen LogP contribution >= 0.6 is 22.7 Å². The lowest BCUT2D eigenvalue weighted by molar-refractivity contribution is 0.179. The van der Waals surface area contributed by atoms with Crippen LogP contribution in [-0.4, -0.2) is 42.0 Å². The second kappa shape index (κ2) is 10.9. The van der Waals surface area contributed by atoms with Crippen molar-refractivity contribution >= 4 is 28.6 Å². The van der Waals surface area contributed by atoms with Crippen LogP contribution in [-0.2, 0) is 13.1 Å². The number of hydrogen-bond donors (Lipinski definition) is 2. The van der Waals surface area contributed by atoms with Gasteiger partial charge in [-0.3, -0.25) is 4.90 Å². The van der Waals surface area contributed by atoms with Gasteiger partial charge in [0.2, 0.25) is 0 Å². The summed E-state index contributed by atoms with van der Waals surface area (Å²) in [7, 11) is 0. The van der Waals surface area contributed by atoms with Crippen LogP contribution in [0.5, 0.6) is 0 Å². The quantitative estimate of drug-likeness (QED) is 0.495. The van der Waals surface area contributed by atoms with Crippen molar-refractivity contribution in [3.63, 3.8) is 0 Å². The molecule has 3 heterocycles. The van der Waals surface area contributed by atoms with Crippen molar-refractivity contribution in [2.75, 3.05) is 26.2 Å². The fraction of sp³-hybridized carbons (Fsp3) is 0.619. The highest BCUT2D eigenvalue weighted by atomic mass is 32.1. The molecule has 0 radical (unpaired) electrons. The predicted molar refractivity (Wildman–Crippen MR) is 121 cm³/mol. The van der Waals surface area contributed by atoms with E-state index in [1.165, 1.54) is 36.5 Å². The van der Waals surface area contributed by atoms with E-state index < -0.39 is 0 Å². The molecular weight excluding hydrogens is 386 g/mol. The second-order valence-corrected chi connectivity index (χ2v) is 9.67. The molecule has 0 unspecified atom stereocenters. The average Bonchev–Trinajstić information content (AvgIpc) is 3.37. The summed E-state index contributed by atoms with van der Waals surface area (Å²) in [5, 5.41) is 12.3. The maximum absolute atomic E-state index is 4.74. The highest BCUT2D eigenvalue weighted by Gasteiger charge is 2.19. The van der Waals surface area contributed by atoms with E-state index in [-0.39, 0.29) is 0 Å². The van der Waals surface area contributed by atoms with E-state index in [1.807, 2.05) is 11.3 Å². The number of aliphatic imine (C=N–C) groups is 1. The first-order valence-electron chi connectivity index (χ1n) is 10.3. The Morgan fingerprint density at radius 1 is 1.29 bits per heavy atom. The van der Waals surface area contributed by atoms with Gasteiger partial charge in [0.25, 0.3) is 0 Å². The van der Waals surface area contributed by atoms with Crippen LogP contribution in [0.3, 0.4) is 0 Å². The molecule has 1 saturated heterocycles. The van der Waals surface area contributed by atoms with Crippen molar-refractivity contribution < 1.29 is 0 Å². The molecule has 28 heavy (non-hydrogen) atoms. The minimum absolute atomic E-state index is 0.478. The molecule has 5 nitrogen and oxygen atoms in total. The van der Waals surface area contributed by atoms with Crippen molar-refractivity contribution in [3.05, 3.63) is 38.5 Å². The molecule has 7 heteroatoms. The van der Waals surface area contributed by atoms with Gasteiger partial charge in [-0.25, -0.2) is 9.98 Å². The molecule has 1 fully saturated rings. The first-order valence-corrected chi connectivity index (χ1v) is 12.1. The van der Waals surface area contributed by atoms with Crippen LogP contribution in [0.2, 0.25) is 0 Å². The Balaban J connectivity index is 1.43. The van der Waals surface area contributed by atoms with Crippen LogP contribution in [0.1, 0.15) is 55.1 Å². The Morgan fingerprint density at radius 3 is 2.75 bits per heavy atom. The Labute approximate surface area is 177 Å². The fourth-order valence-corrected chi connectivity index (χ4v) is 4.99. The summed E-state index contributed by atoms with van der Waals surface area (Å²) in [6.07, 6.45) is 2.50. The molecule has 0 saturated carbocycles. The molecule has 154 valence electrons. The van der Waals surface area contributed by atoms with Crippen LogP contribution < -0.4 is 10.6 Å². The summed E-state index contributed by atoms with van der Waals surface area (Å²) in [5.41, 5.74) is 1.17. The zero-order chi connectivity index (χ0) is 19.8. The Kier molecular flexibility index (Phi) is 8.30. The average molecular weight is 420 g/mol. The van der Waals surface area contributed by atoms with E-state index in [2.05, 4.69) is 64.2 Å². The number of piperidine rings is 1. The Morgan fingerprint density at radius 2 is 2.11 bits per heavy atom. The third-order valence-electron chi connectivity index (χ3n) is 5.10. The van der Waals surface area contributed by atoms with Crippen molar-refractivity contribution in [3.8, 4) is 0 Å². The number of guanidine groups is 1. The van der Waals surface area contributed by atoms with Crippen LogP contribution in [0.15, 0.2) is 27.9 Å². The van der Waals surface area contributed by atoms with Gasteiger partial charge < -0.3 is 10.6 Å². The van der Waals surface area contributed by atoms with E-state index in [4.69, 9.17) is 4.99 Å². The summed E-state index contributed by atoms with van der Waals surface area (Å²) in [5.74, 6) is 2.10. The summed E-state index contributed by atoms with van der Waals surface area (Å²) in [4.78, 5) is 13.5. The van der Waals surface area contributed by atoms with E-state index in [9.17, 15) is 0 Å². The second-order valence-electron chi connectivity index (χ2n) is 7.70. The minimum Gasteiger partial charge on any atom is -0.357 e. The van der Waals surface area contributed by atoms with Gasteiger partial charge in [0, 0.05) is 29.9 Å². The lowest BCUT2D eigenvalue weighted by atomic mass is 9.97. The molecule has 3 rings (SSSR count). The molecule has 0 amide bonds. The number of thiazole rings is 1. The van der Waals surface area contributed by atoms with E-state index >= 15 is 0 Å². The highest BCUT2D eigenvalue weighted by Crippen LogP contribution is 2.20. The van der Waals surface area contributed by atoms with Gasteiger partial charge in [-0.15, -0.1) is 22.7 Å². The molecule has 1 aliphatic rings. The minimum atomic E-state index is 0.478. The van der Waals surface area contributed by atoms with Crippen molar-refractivity contribution in [2.45, 2.75) is 52.6 Å². The zero-order valence-electron chi connectivity index (χ0n) is 17.3.